The molecule has 3 N–H and O–H groups in total. The van der Waals surface area contributed by atoms with Crippen LogP contribution in [0.2, 0.25) is 0 Å². The first-order valence-corrected chi connectivity index (χ1v) is 4.33. The smallest absolute Gasteiger partial charge is 0.160 e. The normalized spacial score (nSPS) is 15.5. The lowest BCUT2D eigenvalue weighted by Crippen LogP contribution is -2.21. The van der Waals surface area contributed by atoms with E-state index in [1.54, 1.807) is 12.4 Å². The molecule has 0 amide bonds. The number of rotatable bonds is 3. The standard InChI is InChI=1S/C8H13N5/c1-13(6-2-3-6)8-5-10-4-7(11-8)12-9/h4-6H,2-3,9H2,1H3,(H,11,12). The topological polar surface area (TPSA) is 67.1 Å². The first kappa shape index (κ1) is 8.25. The van der Waals surface area contributed by atoms with Gasteiger partial charge >= 0.3 is 0 Å². The van der Waals surface area contributed by atoms with Gasteiger partial charge in [-0.25, -0.2) is 10.8 Å². The molecule has 13 heavy (non-hydrogen) atoms. The average molecular weight is 179 g/mol. The third-order valence-corrected chi connectivity index (χ3v) is 2.23. The Balaban J connectivity index is 2.18. The summed E-state index contributed by atoms with van der Waals surface area (Å²) in [6, 6.07) is 0.641. The van der Waals surface area contributed by atoms with Crippen LogP contribution in [0.15, 0.2) is 12.4 Å². The Morgan fingerprint density at radius 3 is 2.92 bits per heavy atom. The van der Waals surface area contributed by atoms with E-state index in [9.17, 15) is 0 Å². The first-order chi connectivity index (χ1) is 6.31. The molecule has 1 aromatic heterocycles. The Hall–Kier alpha value is -1.36. The summed E-state index contributed by atoms with van der Waals surface area (Å²) in [5, 5.41) is 0. The lowest BCUT2D eigenvalue weighted by molar-refractivity contribution is 0.884. The van der Waals surface area contributed by atoms with Gasteiger partial charge in [-0.15, -0.1) is 0 Å². The molecule has 1 heterocycles. The number of hydrogen-bond donors (Lipinski definition) is 2. The van der Waals surface area contributed by atoms with E-state index in [0.29, 0.717) is 11.9 Å². The van der Waals surface area contributed by atoms with Crippen LogP contribution in [0.1, 0.15) is 12.8 Å². The molecule has 2 rings (SSSR count). The van der Waals surface area contributed by atoms with Crippen LogP contribution in [0.4, 0.5) is 11.6 Å². The molecule has 1 aliphatic rings. The summed E-state index contributed by atoms with van der Waals surface area (Å²) in [6.45, 7) is 0. The number of hydrazine groups is 1. The number of nitrogens with zero attached hydrogens (tertiary/aromatic N) is 3. The van der Waals surface area contributed by atoms with Crippen LogP contribution in [-0.2, 0) is 0 Å². The quantitative estimate of drug-likeness (QED) is 0.518. The van der Waals surface area contributed by atoms with Crippen LogP contribution in [0.3, 0.4) is 0 Å². The molecule has 5 nitrogen and oxygen atoms in total. The molecule has 0 spiro atoms. The summed E-state index contributed by atoms with van der Waals surface area (Å²) in [7, 11) is 2.03. The zero-order valence-corrected chi connectivity index (χ0v) is 7.57. The zero-order chi connectivity index (χ0) is 9.26. The van der Waals surface area contributed by atoms with Gasteiger partial charge < -0.3 is 10.3 Å². The van der Waals surface area contributed by atoms with Gasteiger partial charge in [0.25, 0.3) is 0 Å². The Morgan fingerprint density at radius 1 is 1.54 bits per heavy atom. The fourth-order valence-electron chi connectivity index (χ4n) is 1.24. The minimum atomic E-state index is 0.602. The lowest BCUT2D eigenvalue weighted by atomic mass is 10.5. The third kappa shape index (κ3) is 1.70. The second-order valence-electron chi connectivity index (χ2n) is 3.25. The molecule has 0 radical (unpaired) electrons. The molecule has 1 saturated carbocycles. The molecule has 0 aromatic carbocycles. The van der Waals surface area contributed by atoms with E-state index < -0.39 is 0 Å². The van der Waals surface area contributed by atoms with Gasteiger partial charge in [0.05, 0.1) is 12.4 Å². The van der Waals surface area contributed by atoms with Gasteiger partial charge in [-0.3, -0.25) is 4.98 Å². The van der Waals surface area contributed by atoms with Crippen molar-refractivity contribution < 1.29 is 0 Å². The SMILES string of the molecule is CN(c1cncc(NN)n1)C1CC1. The van der Waals surface area contributed by atoms with Crippen LogP contribution < -0.4 is 16.2 Å². The summed E-state index contributed by atoms with van der Waals surface area (Å²) in [5.74, 6) is 6.71. The highest BCUT2D eigenvalue weighted by Gasteiger charge is 2.27. The van der Waals surface area contributed by atoms with Crippen molar-refractivity contribution in [1.29, 1.82) is 0 Å². The monoisotopic (exact) mass is 179 g/mol. The predicted molar refractivity (Wildman–Crippen MR) is 51.3 cm³/mol. The van der Waals surface area contributed by atoms with E-state index in [-0.39, 0.29) is 0 Å². The Bertz CT molecular complexity index is 296. The number of nitrogens with two attached hydrogens (primary N) is 1. The molecule has 0 unspecified atom stereocenters. The highest BCUT2D eigenvalue weighted by atomic mass is 15.3. The highest BCUT2D eigenvalue weighted by Crippen LogP contribution is 2.28. The summed E-state index contributed by atoms with van der Waals surface area (Å²) in [6.07, 6.45) is 5.85. The fourth-order valence-corrected chi connectivity index (χ4v) is 1.24. The molecule has 70 valence electrons. The molecule has 0 saturated heterocycles. The number of anilines is 2. The lowest BCUT2D eigenvalue weighted by Gasteiger charge is -2.16. The van der Waals surface area contributed by atoms with E-state index >= 15 is 0 Å². The number of hydrogen-bond acceptors (Lipinski definition) is 5. The number of nitrogen functional groups attached to an aromatic ring is 1. The van der Waals surface area contributed by atoms with E-state index in [2.05, 4.69) is 20.3 Å². The highest BCUT2D eigenvalue weighted by molar-refractivity contribution is 5.44. The van der Waals surface area contributed by atoms with E-state index in [1.165, 1.54) is 12.8 Å². The van der Waals surface area contributed by atoms with Crippen molar-refractivity contribution in [2.45, 2.75) is 18.9 Å². The van der Waals surface area contributed by atoms with Crippen LogP contribution >= 0.6 is 0 Å². The Labute approximate surface area is 76.9 Å². The van der Waals surface area contributed by atoms with Crippen molar-refractivity contribution in [2.24, 2.45) is 5.84 Å². The zero-order valence-electron chi connectivity index (χ0n) is 7.57. The minimum Gasteiger partial charge on any atom is -0.355 e. The van der Waals surface area contributed by atoms with Crippen molar-refractivity contribution >= 4 is 11.6 Å². The summed E-state index contributed by atoms with van der Waals surface area (Å²) in [4.78, 5) is 10.5. The predicted octanol–water partition coefficient (Wildman–Crippen LogP) is 0.361. The van der Waals surface area contributed by atoms with Gasteiger partial charge in [0.15, 0.2) is 5.82 Å². The van der Waals surface area contributed by atoms with Gasteiger partial charge in [0.2, 0.25) is 0 Å². The van der Waals surface area contributed by atoms with Crippen LogP contribution in [-0.4, -0.2) is 23.1 Å². The fraction of sp³-hybridized carbons (Fsp3) is 0.500. The van der Waals surface area contributed by atoms with Gasteiger partial charge in [-0.1, -0.05) is 0 Å². The molecule has 0 atom stereocenters. The van der Waals surface area contributed by atoms with Gasteiger partial charge in [-0.05, 0) is 12.8 Å². The molecule has 5 heteroatoms. The van der Waals surface area contributed by atoms with E-state index in [4.69, 9.17) is 5.84 Å². The maximum Gasteiger partial charge on any atom is 0.160 e. The van der Waals surface area contributed by atoms with Crippen molar-refractivity contribution in [3.63, 3.8) is 0 Å². The van der Waals surface area contributed by atoms with E-state index in [0.717, 1.165) is 5.82 Å². The van der Waals surface area contributed by atoms with Crippen LogP contribution in [0.25, 0.3) is 0 Å². The van der Waals surface area contributed by atoms with Gasteiger partial charge in [-0.2, -0.15) is 0 Å². The summed E-state index contributed by atoms with van der Waals surface area (Å²) >= 11 is 0. The molecule has 1 fully saturated rings. The maximum atomic E-state index is 5.24. The molecule has 1 aliphatic carbocycles. The third-order valence-electron chi connectivity index (χ3n) is 2.23. The van der Waals surface area contributed by atoms with Crippen molar-refractivity contribution in [3.05, 3.63) is 12.4 Å². The number of aromatic nitrogens is 2. The molecular weight excluding hydrogens is 166 g/mol. The second-order valence-corrected chi connectivity index (χ2v) is 3.25. The first-order valence-electron chi connectivity index (χ1n) is 4.33. The maximum absolute atomic E-state index is 5.24. The van der Waals surface area contributed by atoms with Crippen molar-refractivity contribution in [2.75, 3.05) is 17.4 Å². The average Bonchev–Trinajstić information content (AvgIpc) is 3.00. The van der Waals surface area contributed by atoms with Crippen molar-refractivity contribution in [1.82, 2.24) is 9.97 Å². The summed E-state index contributed by atoms with van der Waals surface area (Å²) in [5.41, 5.74) is 2.48. The van der Waals surface area contributed by atoms with Crippen molar-refractivity contribution in [3.8, 4) is 0 Å². The largest absolute Gasteiger partial charge is 0.355 e. The van der Waals surface area contributed by atoms with Crippen LogP contribution in [0, 0.1) is 0 Å². The second kappa shape index (κ2) is 3.18. The molecular formula is C8H13N5. The number of nitrogens with one attached hydrogen (secondary N) is 1. The van der Waals surface area contributed by atoms with Gasteiger partial charge in [0.1, 0.15) is 5.82 Å². The Morgan fingerprint density at radius 2 is 2.31 bits per heavy atom. The molecule has 0 bridgehead atoms. The van der Waals surface area contributed by atoms with Gasteiger partial charge in [0, 0.05) is 13.1 Å². The Kier molecular flexibility index (Phi) is 2.02. The molecule has 0 aliphatic heterocycles. The van der Waals surface area contributed by atoms with Crippen LogP contribution in [0.5, 0.6) is 0 Å². The minimum absolute atomic E-state index is 0.602. The summed E-state index contributed by atoms with van der Waals surface area (Å²) < 4.78 is 0. The van der Waals surface area contributed by atoms with E-state index in [1.807, 2.05) is 7.05 Å². The molecule has 1 aromatic rings.